The van der Waals surface area contributed by atoms with Gasteiger partial charge in [-0.2, -0.15) is 9.97 Å². The van der Waals surface area contributed by atoms with Crippen molar-refractivity contribution in [2.24, 2.45) is 0 Å². The van der Waals surface area contributed by atoms with E-state index in [0.29, 0.717) is 41.2 Å². The van der Waals surface area contributed by atoms with E-state index in [9.17, 15) is 14.7 Å². The monoisotopic (exact) mass is 460 g/mol. The zero-order valence-corrected chi connectivity index (χ0v) is 18.2. The zero-order chi connectivity index (χ0) is 23.9. The van der Waals surface area contributed by atoms with Crippen molar-refractivity contribution >= 4 is 34.7 Å². The van der Waals surface area contributed by atoms with Gasteiger partial charge in [-0.15, -0.1) is 0 Å². The molecule has 0 saturated carbocycles. The van der Waals surface area contributed by atoms with E-state index in [1.807, 2.05) is 30.3 Å². The Hall–Kier alpha value is -4.60. The molecule has 0 aliphatic rings. The number of carboxylic acids is 1. The van der Waals surface area contributed by atoms with Gasteiger partial charge in [-0.1, -0.05) is 30.3 Å². The SMILES string of the molecule is Nc1nc(Oc2ccc(NC(=O)N[C@@H](CCCc3ccccc3)C(=O)O)cc2)c2cc[nH]c2n1. The van der Waals surface area contributed by atoms with Gasteiger partial charge in [0.15, 0.2) is 0 Å². The molecule has 10 nitrogen and oxygen atoms in total. The molecule has 34 heavy (non-hydrogen) atoms. The number of benzene rings is 2. The Balaban J connectivity index is 1.31. The third kappa shape index (κ3) is 5.80. The number of amides is 2. The lowest BCUT2D eigenvalue weighted by Crippen LogP contribution is -2.43. The molecule has 4 rings (SSSR count). The number of carbonyl (C=O) groups is 2. The lowest BCUT2D eigenvalue weighted by molar-refractivity contribution is -0.139. The number of hydrogen-bond acceptors (Lipinski definition) is 6. The molecule has 4 aromatic rings. The average molecular weight is 460 g/mol. The third-order valence-corrected chi connectivity index (χ3v) is 5.13. The van der Waals surface area contributed by atoms with Crippen molar-refractivity contribution in [1.29, 1.82) is 0 Å². The van der Waals surface area contributed by atoms with E-state index in [0.717, 1.165) is 12.0 Å². The zero-order valence-electron chi connectivity index (χ0n) is 18.2. The molecule has 1 atom stereocenters. The summed E-state index contributed by atoms with van der Waals surface area (Å²) in [5.74, 6) is -0.207. The smallest absolute Gasteiger partial charge is 0.326 e. The number of urea groups is 1. The molecule has 6 N–H and O–H groups in total. The van der Waals surface area contributed by atoms with E-state index in [1.54, 1.807) is 36.5 Å². The second kappa shape index (κ2) is 10.3. The summed E-state index contributed by atoms with van der Waals surface area (Å²) in [4.78, 5) is 35.1. The van der Waals surface area contributed by atoms with Crippen LogP contribution in [0.4, 0.5) is 16.4 Å². The fourth-order valence-corrected chi connectivity index (χ4v) is 3.46. The number of nitrogens with one attached hydrogen (secondary N) is 3. The lowest BCUT2D eigenvalue weighted by atomic mass is 10.0. The second-order valence-corrected chi connectivity index (χ2v) is 7.62. The highest BCUT2D eigenvalue weighted by Gasteiger charge is 2.19. The molecule has 2 aromatic carbocycles. The summed E-state index contributed by atoms with van der Waals surface area (Å²) in [5, 5.41) is 15.3. The molecule has 0 aliphatic heterocycles. The molecular formula is C24H24N6O4. The normalized spacial score (nSPS) is 11.6. The van der Waals surface area contributed by atoms with E-state index >= 15 is 0 Å². The number of nitrogen functional groups attached to an aromatic ring is 1. The van der Waals surface area contributed by atoms with Crippen LogP contribution in [0.3, 0.4) is 0 Å². The number of carboxylic acid groups (broad SMARTS) is 1. The Morgan fingerprint density at radius 2 is 1.82 bits per heavy atom. The number of nitrogens with two attached hydrogens (primary N) is 1. The number of ether oxygens (including phenoxy) is 1. The van der Waals surface area contributed by atoms with Crippen LogP contribution in [-0.4, -0.2) is 38.1 Å². The van der Waals surface area contributed by atoms with Crippen LogP contribution >= 0.6 is 0 Å². The van der Waals surface area contributed by atoms with Gasteiger partial charge in [-0.3, -0.25) is 0 Å². The van der Waals surface area contributed by atoms with Crippen molar-refractivity contribution in [2.75, 3.05) is 11.1 Å². The number of anilines is 2. The van der Waals surface area contributed by atoms with E-state index in [4.69, 9.17) is 10.5 Å². The summed E-state index contributed by atoms with van der Waals surface area (Å²) in [6.45, 7) is 0. The van der Waals surface area contributed by atoms with Gasteiger partial charge in [-0.05, 0) is 55.2 Å². The Morgan fingerprint density at radius 1 is 1.06 bits per heavy atom. The largest absolute Gasteiger partial charge is 0.480 e. The highest BCUT2D eigenvalue weighted by atomic mass is 16.5. The molecule has 0 radical (unpaired) electrons. The molecule has 10 heteroatoms. The molecule has 0 unspecified atom stereocenters. The van der Waals surface area contributed by atoms with Gasteiger partial charge in [0.25, 0.3) is 0 Å². The fourth-order valence-electron chi connectivity index (χ4n) is 3.46. The Morgan fingerprint density at radius 3 is 2.56 bits per heavy atom. The summed E-state index contributed by atoms with van der Waals surface area (Å²) in [7, 11) is 0. The summed E-state index contributed by atoms with van der Waals surface area (Å²) in [6, 6.07) is 16.6. The number of nitrogens with zero attached hydrogens (tertiary/aromatic N) is 2. The van der Waals surface area contributed by atoms with Gasteiger partial charge in [0, 0.05) is 11.9 Å². The van der Waals surface area contributed by atoms with Crippen LogP contribution in [0, 0.1) is 0 Å². The number of carbonyl (C=O) groups excluding carboxylic acids is 1. The summed E-state index contributed by atoms with van der Waals surface area (Å²) < 4.78 is 5.81. The van der Waals surface area contributed by atoms with Gasteiger partial charge in [0.2, 0.25) is 11.8 Å². The average Bonchev–Trinajstić information content (AvgIpc) is 3.29. The molecule has 174 valence electrons. The number of H-pyrrole nitrogens is 1. The maximum Gasteiger partial charge on any atom is 0.326 e. The number of hydrogen-bond donors (Lipinski definition) is 5. The topological polar surface area (TPSA) is 155 Å². The highest BCUT2D eigenvalue weighted by molar-refractivity contribution is 5.92. The minimum atomic E-state index is -1.08. The van der Waals surface area contributed by atoms with E-state index < -0.39 is 18.0 Å². The molecule has 2 aromatic heterocycles. The highest BCUT2D eigenvalue weighted by Crippen LogP contribution is 2.28. The van der Waals surface area contributed by atoms with Gasteiger partial charge in [0.1, 0.15) is 17.4 Å². The van der Waals surface area contributed by atoms with Crippen molar-refractivity contribution in [2.45, 2.75) is 25.3 Å². The Kier molecular flexibility index (Phi) is 6.87. The van der Waals surface area contributed by atoms with Gasteiger partial charge >= 0.3 is 12.0 Å². The van der Waals surface area contributed by atoms with Gasteiger partial charge in [0.05, 0.1) is 5.39 Å². The minimum Gasteiger partial charge on any atom is -0.480 e. The number of aliphatic carboxylic acids is 1. The Labute approximate surface area is 195 Å². The van der Waals surface area contributed by atoms with Crippen molar-refractivity contribution in [3.05, 3.63) is 72.4 Å². The number of aromatic amines is 1. The predicted octanol–water partition coefficient (Wildman–Crippen LogP) is 3.93. The lowest BCUT2D eigenvalue weighted by Gasteiger charge is -2.15. The maximum atomic E-state index is 12.3. The minimum absolute atomic E-state index is 0.0802. The van der Waals surface area contributed by atoms with Gasteiger partial charge in [-0.25, -0.2) is 9.59 Å². The standard InChI is InChI=1S/C24H24N6O4/c25-23-29-20-18(13-14-26-20)21(30-23)34-17-11-9-16(10-12-17)27-24(33)28-19(22(31)32)8-4-7-15-5-2-1-3-6-15/h1-3,5-6,9-14,19H,4,7-8H2,(H,31,32)(H2,27,28,33)(H3,25,26,29,30)/t19-/m0/s1. The van der Waals surface area contributed by atoms with E-state index in [1.165, 1.54) is 0 Å². The van der Waals surface area contributed by atoms with Gasteiger partial charge < -0.3 is 31.2 Å². The predicted molar refractivity (Wildman–Crippen MR) is 128 cm³/mol. The molecule has 0 saturated heterocycles. The van der Waals surface area contributed by atoms with Crippen molar-refractivity contribution < 1.29 is 19.4 Å². The first kappa shape index (κ1) is 22.6. The molecule has 0 fully saturated rings. The molecule has 0 spiro atoms. The quantitative estimate of drug-likeness (QED) is 0.253. The number of rotatable bonds is 9. The van der Waals surface area contributed by atoms with Crippen LogP contribution in [0.25, 0.3) is 11.0 Å². The van der Waals surface area contributed by atoms with Crippen molar-refractivity contribution in [1.82, 2.24) is 20.3 Å². The molecule has 0 aliphatic carbocycles. The summed E-state index contributed by atoms with van der Waals surface area (Å²) in [5.41, 5.74) is 7.89. The maximum absolute atomic E-state index is 12.3. The first-order valence-electron chi connectivity index (χ1n) is 10.7. The number of fused-ring (bicyclic) bond motifs is 1. The van der Waals surface area contributed by atoms with E-state index in [2.05, 4.69) is 25.6 Å². The molecule has 2 amide bonds. The van der Waals surface area contributed by atoms with Crippen LogP contribution in [-0.2, 0) is 11.2 Å². The van der Waals surface area contributed by atoms with Crippen LogP contribution in [0.5, 0.6) is 11.6 Å². The third-order valence-electron chi connectivity index (χ3n) is 5.13. The molecule has 0 bridgehead atoms. The number of aryl methyl sites for hydroxylation is 1. The summed E-state index contributed by atoms with van der Waals surface area (Å²) in [6.07, 6.45) is 3.40. The van der Waals surface area contributed by atoms with Crippen molar-refractivity contribution in [3.63, 3.8) is 0 Å². The molecular weight excluding hydrogens is 436 g/mol. The molecule has 2 heterocycles. The summed E-state index contributed by atoms with van der Waals surface area (Å²) >= 11 is 0. The Bertz CT molecular complexity index is 1270. The van der Waals surface area contributed by atoms with Crippen LogP contribution in [0.15, 0.2) is 66.9 Å². The van der Waals surface area contributed by atoms with Crippen LogP contribution < -0.4 is 21.1 Å². The van der Waals surface area contributed by atoms with Crippen molar-refractivity contribution in [3.8, 4) is 11.6 Å². The van der Waals surface area contributed by atoms with Crippen LogP contribution in [0.1, 0.15) is 18.4 Å². The van der Waals surface area contributed by atoms with E-state index in [-0.39, 0.29) is 5.95 Å². The fraction of sp³-hybridized carbons (Fsp3) is 0.167. The van der Waals surface area contributed by atoms with Crippen LogP contribution in [0.2, 0.25) is 0 Å². The second-order valence-electron chi connectivity index (χ2n) is 7.62. The first-order valence-corrected chi connectivity index (χ1v) is 10.7. The first-order chi connectivity index (χ1) is 16.5. The number of aromatic nitrogens is 3.